The molecule has 1 fully saturated rings. The van der Waals surface area contributed by atoms with Crippen LogP contribution in [0, 0.1) is 32.6 Å². The van der Waals surface area contributed by atoms with Crippen molar-refractivity contribution in [3.05, 3.63) is 34.4 Å². The second-order valence-electron chi connectivity index (χ2n) is 6.82. The lowest BCUT2D eigenvalue weighted by atomic mass is 9.82. The van der Waals surface area contributed by atoms with E-state index in [1.165, 1.54) is 42.4 Å². The van der Waals surface area contributed by atoms with Crippen molar-refractivity contribution in [1.82, 2.24) is 5.32 Å². The molecule has 3 atom stereocenters. The van der Waals surface area contributed by atoms with E-state index < -0.39 is 0 Å². The van der Waals surface area contributed by atoms with Gasteiger partial charge < -0.3 is 5.32 Å². The van der Waals surface area contributed by atoms with Crippen LogP contribution >= 0.6 is 0 Å². The predicted molar refractivity (Wildman–Crippen MR) is 88.2 cm³/mol. The largest absolute Gasteiger partial charge is 0.310 e. The highest BCUT2D eigenvalue weighted by Crippen LogP contribution is 2.41. The Morgan fingerprint density at radius 1 is 1.15 bits per heavy atom. The number of hydrogen-bond acceptors (Lipinski definition) is 1. The van der Waals surface area contributed by atoms with Crippen molar-refractivity contribution in [1.29, 1.82) is 0 Å². The first-order valence-electron chi connectivity index (χ1n) is 8.35. The molecule has 0 aromatic heterocycles. The molecule has 1 heteroatoms. The molecule has 1 nitrogen and oxygen atoms in total. The van der Waals surface area contributed by atoms with Crippen molar-refractivity contribution in [2.45, 2.75) is 66.3 Å². The third kappa shape index (κ3) is 3.25. The molecule has 1 aromatic carbocycles. The molecule has 1 aliphatic rings. The van der Waals surface area contributed by atoms with E-state index in [2.05, 4.69) is 52.1 Å². The lowest BCUT2D eigenvalue weighted by Crippen LogP contribution is -2.31. The molecule has 20 heavy (non-hydrogen) atoms. The van der Waals surface area contributed by atoms with Crippen LogP contribution in [0.15, 0.2) is 12.1 Å². The summed E-state index contributed by atoms with van der Waals surface area (Å²) in [5.74, 6) is 1.66. The van der Waals surface area contributed by atoms with Gasteiger partial charge in [-0.25, -0.2) is 0 Å². The van der Waals surface area contributed by atoms with Crippen molar-refractivity contribution >= 4 is 0 Å². The molecule has 0 radical (unpaired) electrons. The van der Waals surface area contributed by atoms with Gasteiger partial charge in [0, 0.05) is 6.04 Å². The van der Waals surface area contributed by atoms with Crippen LogP contribution in [-0.2, 0) is 0 Å². The number of aryl methyl sites for hydroxylation is 3. The van der Waals surface area contributed by atoms with Crippen molar-refractivity contribution in [2.75, 3.05) is 6.54 Å². The SMILES string of the molecule is CCCNC(c1c(C)cc(C)cc1C)C1CCCC1C. The van der Waals surface area contributed by atoms with Gasteiger partial charge in [0.15, 0.2) is 0 Å². The van der Waals surface area contributed by atoms with Crippen molar-refractivity contribution in [3.63, 3.8) is 0 Å². The van der Waals surface area contributed by atoms with Gasteiger partial charge in [-0.3, -0.25) is 0 Å². The lowest BCUT2D eigenvalue weighted by molar-refractivity contribution is 0.300. The quantitative estimate of drug-likeness (QED) is 0.788. The molecule has 1 N–H and O–H groups in total. The Labute approximate surface area is 125 Å². The molecule has 0 bridgehead atoms. The molecule has 0 spiro atoms. The Balaban J connectivity index is 2.35. The summed E-state index contributed by atoms with van der Waals surface area (Å²) in [7, 11) is 0. The van der Waals surface area contributed by atoms with E-state index in [4.69, 9.17) is 0 Å². The van der Waals surface area contributed by atoms with Gasteiger partial charge in [-0.2, -0.15) is 0 Å². The van der Waals surface area contributed by atoms with Crippen LogP contribution in [-0.4, -0.2) is 6.54 Å². The first-order chi connectivity index (χ1) is 9.54. The number of hydrogen-bond donors (Lipinski definition) is 1. The van der Waals surface area contributed by atoms with Crippen LogP contribution in [0.5, 0.6) is 0 Å². The highest BCUT2D eigenvalue weighted by molar-refractivity contribution is 5.40. The summed E-state index contributed by atoms with van der Waals surface area (Å²) in [6.45, 7) is 12.6. The van der Waals surface area contributed by atoms with Crippen molar-refractivity contribution in [2.24, 2.45) is 11.8 Å². The minimum atomic E-state index is 0.549. The summed E-state index contributed by atoms with van der Waals surface area (Å²) in [6.07, 6.45) is 5.40. The fourth-order valence-corrected chi connectivity index (χ4v) is 4.12. The monoisotopic (exact) mass is 273 g/mol. The summed E-state index contributed by atoms with van der Waals surface area (Å²) in [4.78, 5) is 0. The highest BCUT2D eigenvalue weighted by atomic mass is 14.9. The Morgan fingerprint density at radius 2 is 1.80 bits per heavy atom. The Bertz CT molecular complexity index is 426. The van der Waals surface area contributed by atoms with E-state index in [9.17, 15) is 0 Å². The molecule has 0 amide bonds. The van der Waals surface area contributed by atoms with Gasteiger partial charge in [0.25, 0.3) is 0 Å². The van der Waals surface area contributed by atoms with Gasteiger partial charge in [-0.05, 0) is 68.7 Å². The molecule has 112 valence electrons. The van der Waals surface area contributed by atoms with E-state index in [1.807, 2.05) is 0 Å². The second kappa shape index (κ2) is 6.76. The number of nitrogens with one attached hydrogen (secondary N) is 1. The van der Waals surface area contributed by atoms with Crippen molar-refractivity contribution < 1.29 is 0 Å². The van der Waals surface area contributed by atoms with Gasteiger partial charge in [0.2, 0.25) is 0 Å². The van der Waals surface area contributed by atoms with Gasteiger partial charge in [-0.1, -0.05) is 44.4 Å². The number of benzene rings is 1. The molecular weight excluding hydrogens is 242 g/mol. The predicted octanol–water partition coefficient (Wildman–Crippen LogP) is 5.09. The molecule has 1 saturated carbocycles. The van der Waals surface area contributed by atoms with Crippen molar-refractivity contribution in [3.8, 4) is 0 Å². The molecule has 2 rings (SSSR count). The second-order valence-corrected chi connectivity index (χ2v) is 6.82. The van der Waals surface area contributed by atoms with Crippen LogP contribution < -0.4 is 5.32 Å². The Hall–Kier alpha value is -0.820. The third-order valence-electron chi connectivity index (χ3n) is 5.02. The number of rotatable bonds is 5. The van der Waals surface area contributed by atoms with Gasteiger partial charge in [0.05, 0.1) is 0 Å². The Morgan fingerprint density at radius 3 is 2.30 bits per heavy atom. The summed E-state index contributed by atoms with van der Waals surface area (Å²) < 4.78 is 0. The normalized spacial score (nSPS) is 24.1. The third-order valence-corrected chi connectivity index (χ3v) is 5.02. The molecular formula is C19H31N. The minimum absolute atomic E-state index is 0.549. The zero-order chi connectivity index (χ0) is 14.7. The van der Waals surface area contributed by atoms with E-state index in [1.54, 1.807) is 5.56 Å². The van der Waals surface area contributed by atoms with Crippen LogP contribution in [0.25, 0.3) is 0 Å². The molecule has 0 heterocycles. The maximum Gasteiger partial charge on any atom is 0.0356 e. The first kappa shape index (κ1) is 15.6. The lowest BCUT2D eigenvalue weighted by Gasteiger charge is -2.31. The van der Waals surface area contributed by atoms with Gasteiger partial charge >= 0.3 is 0 Å². The zero-order valence-corrected chi connectivity index (χ0v) is 13.9. The molecule has 0 saturated heterocycles. The average Bonchev–Trinajstić information content (AvgIpc) is 2.78. The maximum atomic E-state index is 3.86. The molecule has 1 aromatic rings. The molecule has 3 unspecified atom stereocenters. The first-order valence-corrected chi connectivity index (χ1v) is 8.35. The highest BCUT2D eigenvalue weighted by Gasteiger charge is 2.32. The smallest absolute Gasteiger partial charge is 0.0356 e. The van der Waals surface area contributed by atoms with E-state index in [-0.39, 0.29) is 0 Å². The fraction of sp³-hybridized carbons (Fsp3) is 0.684. The minimum Gasteiger partial charge on any atom is -0.310 e. The van der Waals surface area contributed by atoms with E-state index in [0.717, 1.165) is 18.4 Å². The fourth-order valence-electron chi connectivity index (χ4n) is 4.12. The maximum absolute atomic E-state index is 3.86. The standard InChI is InChI=1S/C19H31N/c1-6-10-20-19(17-9-7-8-14(17)3)18-15(4)11-13(2)12-16(18)5/h11-12,14,17,19-20H,6-10H2,1-5H3. The van der Waals surface area contributed by atoms with Crippen LogP contribution in [0.2, 0.25) is 0 Å². The van der Waals surface area contributed by atoms with Crippen LogP contribution in [0.1, 0.15) is 67.8 Å². The molecule has 0 aliphatic heterocycles. The van der Waals surface area contributed by atoms with Gasteiger partial charge in [-0.15, -0.1) is 0 Å². The molecule has 1 aliphatic carbocycles. The van der Waals surface area contributed by atoms with E-state index in [0.29, 0.717) is 6.04 Å². The summed E-state index contributed by atoms with van der Waals surface area (Å²) >= 11 is 0. The zero-order valence-electron chi connectivity index (χ0n) is 13.9. The average molecular weight is 273 g/mol. The topological polar surface area (TPSA) is 12.0 Å². The summed E-state index contributed by atoms with van der Waals surface area (Å²) in [6, 6.07) is 5.25. The Kier molecular flexibility index (Phi) is 5.26. The van der Waals surface area contributed by atoms with Crippen LogP contribution in [0.3, 0.4) is 0 Å². The van der Waals surface area contributed by atoms with Gasteiger partial charge in [0.1, 0.15) is 0 Å². The van der Waals surface area contributed by atoms with E-state index >= 15 is 0 Å². The van der Waals surface area contributed by atoms with Crippen LogP contribution in [0.4, 0.5) is 0 Å². The summed E-state index contributed by atoms with van der Waals surface area (Å²) in [5, 5.41) is 3.86. The summed E-state index contributed by atoms with van der Waals surface area (Å²) in [5.41, 5.74) is 5.89.